The van der Waals surface area contributed by atoms with Crippen molar-refractivity contribution in [3.8, 4) is 16.9 Å². The second-order valence-corrected chi connectivity index (χ2v) is 10.0. The minimum Gasteiger partial charge on any atom is -0.497 e. The highest BCUT2D eigenvalue weighted by Gasteiger charge is 2.31. The predicted molar refractivity (Wildman–Crippen MR) is 152 cm³/mol. The number of benzene rings is 3. The molecular weight excluding hydrogens is 494 g/mol. The number of ether oxygens (including phenoxy) is 1. The number of carboxylic acids is 1. The summed E-state index contributed by atoms with van der Waals surface area (Å²) in [4.78, 5) is 38.6. The lowest BCUT2D eigenvalue weighted by Gasteiger charge is -2.28. The zero-order valence-corrected chi connectivity index (χ0v) is 22.5. The van der Waals surface area contributed by atoms with Crippen LogP contribution in [0.2, 0.25) is 0 Å². The fourth-order valence-electron chi connectivity index (χ4n) is 5.16. The molecule has 3 amide bonds. The summed E-state index contributed by atoms with van der Waals surface area (Å²) in [6.45, 7) is 3.81. The van der Waals surface area contributed by atoms with E-state index < -0.39 is 23.9 Å². The van der Waals surface area contributed by atoms with Gasteiger partial charge >= 0.3 is 12.0 Å². The van der Waals surface area contributed by atoms with Gasteiger partial charge in [0.05, 0.1) is 18.4 Å². The van der Waals surface area contributed by atoms with Crippen molar-refractivity contribution >= 4 is 29.3 Å². The molecule has 0 aromatic heterocycles. The molecule has 1 fully saturated rings. The lowest BCUT2D eigenvalue weighted by atomic mass is 9.83. The fraction of sp³-hybridized carbons (Fsp3) is 0.323. The molecule has 0 radical (unpaired) electrons. The van der Waals surface area contributed by atoms with Crippen LogP contribution in [0.4, 0.5) is 16.2 Å². The Morgan fingerprint density at radius 1 is 0.872 bits per heavy atom. The number of urea groups is 1. The van der Waals surface area contributed by atoms with Crippen LogP contribution < -0.4 is 20.7 Å². The Kier molecular flexibility index (Phi) is 8.86. The van der Waals surface area contributed by atoms with Crippen LogP contribution in [0.3, 0.4) is 0 Å². The van der Waals surface area contributed by atoms with Crippen LogP contribution in [0.1, 0.15) is 53.6 Å². The Bertz CT molecular complexity index is 1330. The average molecular weight is 530 g/mol. The standard InChI is InChI=1S/C31H35N3O5/c1-19-8-7-9-20(2)27(19)34-31(38)32-26-18-23(21-12-15-24(39-3)16-13-21)14-17-25(26)29(35)33-28(30(36)37)22-10-5-4-6-11-22/h7-9,12-18,22,28H,4-6,10-11H2,1-3H3,(H,33,35)(H,36,37)(H2,32,34,38). The number of aliphatic carboxylic acids is 1. The molecule has 0 saturated heterocycles. The lowest BCUT2D eigenvalue weighted by molar-refractivity contribution is -0.141. The number of amides is 3. The van der Waals surface area contributed by atoms with Gasteiger partial charge in [0.1, 0.15) is 11.8 Å². The SMILES string of the molecule is COc1ccc(-c2ccc(C(=O)NC(C(=O)O)C3CCCCC3)c(NC(=O)Nc3c(C)cccc3C)c2)cc1. The maximum atomic E-state index is 13.4. The van der Waals surface area contributed by atoms with E-state index in [1.807, 2.05) is 56.3 Å². The monoisotopic (exact) mass is 529 g/mol. The Labute approximate surface area is 228 Å². The number of hydrogen-bond donors (Lipinski definition) is 4. The fourth-order valence-corrected chi connectivity index (χ4v) is 5.16. The Balaban J connectivity index is 1.64. The van der Waals surface area contributed by atoms with Crippen LogP contribution in [-0.4, -0.2) is 36.2 Å². The molecule has 1 aliphatic carbocycles. The van der Waals surface area contributed by atoms with Gasteiger partial charge in [0.15, 0.2) is 0 Å². The summed E-state index contributed by atoms with van der Waals surface area (Å²) in [5.41, 5.74) is 4.61. The Hall–Kier alpha value is -4.33. The summed E-state index contributed by atoms with van der Waals surface area (Å²) < 4.78 is 5.25. The number of anilines is 2. The number of methoxy groups -OCH3 is 1. The molecule has 1 unspecified atom stereocenters. The molecule has 8 heteroatoms. The molecule has 4 N–H and O–H groups in total. The molecule has 1 saturated carbocycles. The van der Waals surface area contributed by atoms with Crippen molar-refractivity contribution in [2.45, 2.75) is 52.0 Å². The topological polar surface area (TPSA) is 117 Å². The number of carbonyl (C=O) groups excluding carboxylic acids is 2. The third-order valence-electron chi connectivity index (χ3n) is 7.33. The van der Waals surface area contributed by atoms with Crippen molar-refractivity contribution in [3.05, 3.63) is 77.4 Å². The average Bonchev–Trinajstić information content (AvgIpc) is 2.94. The molecule has 8 nitrogen and oxygen atoms in total. The second-order valence-electron chi connectivity index (χ2n) is 10.0. The number of para-hydroxylation sites is 1. The van der Waals surface area contributed by atoms with Crippen LogP contribution in [0.25, 0.3) is 11.1 Å². The third kappa shape index (κ3) is 6.76. The zero-order valence-electron chi connectivity index (χ0n) is 22.5. The van der Waals surface area contributed by atoms with E-state index in [1.165, 1.54) is 0 Å². The van der Waals surface area contributed by atoms with Gasteiger partial charge in [-0.15, -0.1) is 0 Å². The van der Waals surface area contributed by atoms with Gasteiger partial charge in [-0.2, -0.15) is 0 Å². The molecule has 204 valence electrons. The highest BCUT2D eigenvalue weighted by molar-refractivity contribution is 6.08. The number of carboxylic acid groups (broad SMARTS) is 1. The van der Waals surface area contributed by atoms with Crippen LogP contribution in [0, 0.1) is 19.8 Å². The summed E-state index contributed by atoms with van der Waals surface area (Å²) in [6.07, 6.45) is 4.50. The first-order chi connectivity index (χ1) is 18.8. The molecule has 3 aromatic rings. The van der Waals surface area contributed by atoms with Crippen molar-refractivity contribution in [3.63, 3.8) is 0 Å². The van der Waals surface area contributed by atoms with Gasteiger partial charge in [0.25, 0.3) is 5.91 Å². The van der Waals surface area contributed by atoms with Crippen molar-refractivity contribution in [2.75, 3.05) is 17.7 Å². The minimum absolute atomic E-state index is 0.123. The summed E-state index contributed by atoms with van der Waals surface area (Å²) >= 11 is 0. The highest BCUT2D eigenvalue weighted by atomic mass is 16.5. The molecule has 1 aliphatic rings. The van der Waals surface area contributed by atoms with Crippen LogP contribution in [-0.2, 0) is 4.79 Å². The summed E-state index contributed by atoms with van der Waals surface area (Å²) in [7, 11) is 1.59. The maximum Gasteiger partial charge on any atom is 0.326 e. The van der Waals surface area contributed by atoms with Crippen molar-refractivity contribution in [1.82, 2.24) is 5.32 Å². The van der Waals surface area contributed by atoms with Gasteiger partial charge in [-0.25, -0.2) is 9.59 Å². The molecule has 0 aliphatic heterocycles. The second kappa shape index (κ2) is 12.5. The lowest BCUT2D eigenvalue weighted by Crippen LogP contribution is -2.46. The maximum absolute atomic E-state index is 13.4. The van der Waals surface area contributed by atoms with E-state index in [-0.39, 0.29) is 17.2 Å². The molecule has 4 rings (SSSR count). The van der Waals surface area contributed by atoms with E-state index in [4.69, 9.17) is 4.74 Å². The molecular formula is C31H35N3O5. The number of rotatable bonds is 8. The van der Waals surface area contributed by atoms with E-state index in [0.29, 0.717) is 11.4 Å². The molecule has 0 bridgehead atoms. The molecule has 1 atom stereocenters. The van der Waals surface area contributed by atoms with E-state index in [2.05, 4.69) is 16.0 Å². The van der Waals surface area contributed by atoms with Crippen molar-refractivity contribution in [1.29, 1.82) is 0 Å². The highest BCUT2D eigenvalue weighted by Crippen LogP contribution is 2.30. The number of carbonyl (C=O) groups is 3. The molecule has 0 spiro atoms. The van der Waals surface area contributed by atoms with Gasteiger partial charge in [0.2, 0.25) is 0 Å². The van der Waals surface area contributed by atoms with Crippen molar-refractivity contribution in [2.24, 2.45) is 5.92 Å². The van der Waals surface area contributed by atoms with Gasteiger partial charge in [-0.05, 0) is 79.1 Å². The van der Waals surface area contributed by atoms with Gasteiger partial charge in [0, 0.05) is 5.69 Å². The van der Waals surface area contributed by atoms with Crippen LogP contribution in [0.5, 0.6) is 5.75 Å². The largest absolute Gasteiger partial charge is 0.497 e. The summed E-state index contributed by atoms with van der Waals surface area (Å²) in [6, 6.07) is 16.8. The predicted octanol–water partition coefficient (Wildman–Crippen LogP) is 6.39. The smallest absolute Gasteiger partial charge is 0.326 e. The van der Waals surface area contributed by atoms with E-state index >= 15 is 0 Å². The first-order valence-electron chi connectivity index (χ1n) is 13.2. The minimum atomic E-state index is -1.05. The summed E-state index contributed by atoms with van der Waals surface area (Å²) in [5, 5.41) is 18.3. The first-order valence-corrected chi connectivity index (χ1v) is 13.2. The van der Waals surface area contributed by atoms with E-state index in [1.54, 1.807) is 25.3 Å². The Morgan fingerprint density at radius 2 is 1.51 bits per heavy atom. The normalized spacial score (nSPS) is 14.2. The van der Waals surface area contributed by atoms with Gasteiger partial charge in [-0.1, -0.05) is 55.7 Å². The van der Waals surface area contributed by atoms with E-state index in [9.17, 15) is 19.5 Å². The molecule has 0 heterocycles. The van der Waals surface area contributed by atoms with Gasteiger partial charge < -0.3 is 25.8 Å². The van der Waals surface area contributed by atoms with Crippen LogP contribution in [0.15, 0.2) is 60.7 Å². The first kappa shape index (κ1) is 27.7. The quantitative estimate of drug-likeness (QED) is 0.270. The van der Waals surface area contributed by atoms with Crippen molar-refractivity contribution < 1.29 is 24.2 Å². The molecule has 3 aromatic carbocycles. The number of aryl methyl sites for hydroxylation is 2. The number of hydrogen-bond acceptors (Lipinski definition) is 4. The number of nitrogens with one attached hydrogen (secondary N) is 3. The van der Waals surface area contributed by atoms with E-state index in [0.717, 1.165) is 54.4 Å². The Morgan fingerprint density at radius 3 is 2.13 bits per heavy atom. The van der Waals surface area contributed by atoms with Crippen LogP contribution >= 0.6 is 0 Å². The summed E-state index contributed by atoms with van der Waals surface area (Å²) in [5.74, 6) is -1.00. The third-order valence-corrected chi connectivity index (χ3v) is 7.33. The van der Waals surface area contributed by atoms with Gasteiger partial charge in [-0.3, -0.25) is 4.79 Å². The molecule has 39 heavy (non-hydrogen) atoms. The zero-order chi connectivity index (χ0) is 27.9.